The van der Waals surface area contributed by atoms with Gasteiger partial charge in [-0.25, -0.2) is 0 Å². The van der Waals surface area contributed by atoms with E-state index < -0.39 is 0 Å². The van der Waals surface area contributed by atoms with E-state index in [4.69, 9.17) is 4.74 Å². The van der Waals surface area contributed by atoms with Gasteiger partial charge in [-0.2, -0.15) is 0 Å². The topological polar surface area (TPSA) is 9.23 Å². The van der Waals surface area contributed by atoms with Crippen molar-refractivity contribution in [2.75, 3.05) is 19.6 Å². The number of nitrogens with zero attached hydrogens (tertiary/aromatic N) is 1. The van der Waals surface area contributed by atoms with Crippen LogP contribution in [0.2, 0.25) is 0 Å². The van der Waals surface area contributed by atoms with Crippen LogP contribution in [0.4, 0.5) is 0 Å². The molecule has 0 fully saturated rings. The average molecular weight is 208 g/mol. The Morgan fingerprint density at radius 3 is 1.85 bits per heavy atom. The highest BCUT2D eigenvalue weighted by Crippen LogP contribution is 2.13. The molecule has 0 aromatic carbocycles. The highest BCUT2D eigenvalue weighted by atomic mass is 35.5. The minimum absolute atomic E-state index is 0. The second kappa shape index (κ2) is 7.22. The summed E-state index contributed by atoms with van der Waals surface area (Å²) in [7, 11) is 0. The van der Waals surface area contributed by atoms with Gasteiger partial charge in [-0.15, -0.1) is 0 Å². The molecular weight excluding hydrogens is 186 g/mol. The number of rotatable bonds is 6. The van der Waals surface area contributed by atoms with Gasteiger partial charge in [0.15, 0.2) is 0 Å². The Kier molecular flexibility index (Phi) is 8.48. The van der Waals surface area contributed by atoms with Crippen molar-refractivity contribution >= 4 is 0 Å². The Bertz CT molecular complexity index is 127. The van der Waals surface area contributed by atoms with Gasteiger partial charge in [0.25, 0.3) is 0 Å². The lowest BCUT2D eigenvalue weighted by Gasteiger charge is -2.39. The van der Waals surface area contributed by atoms with Crippen LogP contribution in [-0.2, 0) is 4.74 Å². The zero-order valence-electron chi connectivity index (χ0n) is 9.22. The van der Waals surface area contributed by atoms with Crippen LogP contribution in [0.25, 0.3) is 0 Å². The predicted octanol–water partition coefficient (Wildman–Crippen LogP) is -0.627. The van der Waals surface area contributed by atoms with Crippen molar-refractivity contribution in [1.82, 2.24) is 0 Å². The van der Waals surface area contributed by atoms with E-state index in [1.165, 1.54) is 0 Å². The summed E-state index contributed by atoms with van der Waals surface area (Å²) in [6.07, 6.45) is 1.76. The molecule has 3 heteroatoms. The van der Waals surface area contributed by atoms with E-state index in [9.17, 15) is 0 Å². The second-order valence-corrected chi connectivity index (χ2v) is 3.07. The summed E-state index contributed by atoms with van der Waals surface area (Å²) in [6, 6.07) is 0. The molecule has 0 bridgehead atoms. The second-order valence-electron chi connectivity index (χ2n) is 3.07. The Hall–Kier alpha value is -0.210. The van der Waals surface area contributed by atoms with Crippen molar-refractivity contribution in [2.24, 2.45) is 0 Å². The molecule has 0 aromatic heterocycles. The summed E-state index contributed by atoms with van der Waals surface area (Å²) >= 11 is 0. The van der Waals surface area contributed by atoms with Crippen molar-refractivity contribution in [1.29, 1.82) is 0 Å². The molecule has 0 spiro atoms. The molecule has 0 saturated heterocycles. The fraction of sp³-hybridized carbons (Fsp3) is 0.800. The standard InChI is InChI=1S/C10H22NO.ClH/c1-6-11(7-2,8-3)10(5)12-9-4;/h9-10H,4,6-8H2,1-3,5H3;1H/q+1;/p-1. The monoisotopic (exact) mass is 207 g/mol. The molecule has 0 saturated carbocycles. The van der Waals surface area contributed by atoms with Crippen LogP contribution in [0.3, 0.4) is 0 Å². The van der Waals surface area contributed by atoms with Crippen LogP contribution < -0.4 is 12.4 Å². The fourth-order valence-corrected chi connectivity index (χ4v) is 1.71. The Labute approximate surface area is 88.6 Å². The number of quaternary nitrogens is 1. The van der Waals surface area contributed by atoms with E-state index in [0.717, 1.165) is 24.1 Å². The molecule has 80 valence electrons. The van der Waals surface area contributed by atoms with E-state index in [1.807, 2.05) is 0 Å². The summed E-state index contributed by atoms with van der Waals surface area (Å²) < 4.78 is 6.42. The average Bonchev–Trinajstić information content (AvgIpc) is 2.09. The molecule has 2 nitrogen and oxygen atoms in total. The highest BCUT2D eigenvalue weighted by Gasteiger charge is 2.28. The molecule has 0 heterocycles. The fourth-order valence-electron chi connectivity index (χ4n) is 1.71. The van der Waals surface area contributed by atoms with Gasteiger partial charge in [-0.3, -0.25) is 4.48 Å². The minimum Gasteiger partial charge on any atom is -1.00 e. The first kappa shape index (κ1) is 15.3. The summed E-state index contributed by atoms with van der Waals surface area (Å²) in [6.45, 7) is 15.6. The normalized spacial score (nSPS) is 12.9. The van der Waals surface area contributed by atoms with Crippen molar-refractivity contribution in [2.45, 2.75) is 33.9 Å². The lowest BCUT2D eigenvalue weighted by atomic mass is 10.3. The van der Waals surface area contributed by atoms with E-state index in [-0.39, 0.29) is 18.6 Å². The summed E-state index contributed by atoms with van der Waals surface area (Å²) in [4.78, 5) is 0. The molecule has 1 atom stereocenters. The molecule has 0 aliphatic rings. The number of hydrogen-bond donors (Lipinski definition) is 0. The summed E-state index contributed by atoms with van der Waals surface area (Å²) in [5.74, 6) is 0. The maximum absolute atomic E-state index is 5.42. The maximum Gasteiger partial charge on any atom is 0.229 e. The highest BCUT2D eigenvalue weighted by molar-refractivity contribution is 4.51. The van der Waals surface area contributed by atoms with Crippen molar-refractivity contribution in [3.63, 3.8) is 0 Å². The van der Waals surface area contributed by atoms with Crippen LogP contribution in [0.5, 0.6) is 0 Å². The Balaban J connectivity index is 0. The Morgan fingerprint density at radius 2 is 1.62 bits per heavy atom. The first-order valence-corrected chi connectivity index (χ1v) is 4.79. The van der Waals surface area contributed by atoms with E-state index >= 15 is 0 Å². The van der Waals surface area contributed by atoms with E-state index in [0.29, 0.717) is 0 Å². The summed E-state index contributed by atoms with van der Waals surface area (Å²) in [5.41, 5.74) is 0. The van der Waals surface area contributed by atoms with Gasteiger partial charge in [0.05, 0.1) is 25.9 Å². The summed E-state index contributed by atoms with van der Waals surface area (Å²) in [5, 5.41) is 0. The van der Waals surface area contributed by atoms with Gasteiger partial charge in [0, 0.05) is 6.92 Å². The molecule has 13 heavy (non-hydrogen) atoms. The van der Waals surface area contributed by atoms with Crippen LogP contribution >= 0.6 is 0 Å². The van der Waals surface area contributed by atoms with Gasteiger partial charge >= 0.3 is 0 Å². The predicted molar refractivity (Wildman–Crippen MR) is 52.6 cm³/mol. The zero-order valence-corrected chi connectivity index (χ0v) is 9.97. The van der Waals surface area contributed by atoms with Gasteiger partial charge in [-0.05, 0) is 20.8 Å². The first-order valence-electron chi connectivity index (χ1n) is 4.79. The lowest BCUT2D eigenvalue weighted by molar-refractivity contribution is -0.963. The van der Waals surface area contributed by atoms with E-state index in [1.54, 1.807) is 6.26 Å². The van der Waals surface area contributed by atoms with Crippen LogP contribution in [0.1, 0.15) is 27.7 Å². The molecule has 0 aromatic rings. The van der Waals surface area contributed by atoms with Crippen molar-refractivity contribution < 1.29 is 21.6 Å². The maximum atomic E-state index is 5.42. The Morgan fingerprint density at radius 1 is 1.23 bits per heavy atom. The van der Waals surface area contributed by atoms with Crippen molar-refractivity contribution in [3.05, 3.63) is 12.8 Å². The van der Waals surface area contributed by atoms with E-state index in [2.05, 4.69) is 34.3 Å². The third-order valence-electron chi connectivity index (χ3n) is 2.95. The number of hydrogen-bond acceptors (Lipinski definition) is 1. The number of halogens is 1. The smallest absolute Gasteiger partial charge is 0.229 e. The SMILES string of the molecule is C=COC(C)[N+](CC)(CC)CC.[Cl-]. The lowest BCUT2D eigenvalue weighted by Crippen LogP contribution is -3.00. The zero-order chi connectivity index (χ0) is 9.61. The van der Waals surface area contributed by atoms with Gasteiger partial charge in [-0.1, -0.05) is 6.58 Å². The molecule has 1 unspecified atom stereocenters. The third-order valence-corrected chi connectivity index (χ3v) is 2.95. The van der Waals surface area contributed by atoms with Gasteiger partial charge in [0.2, 0.25) is 6.23 Å². The quantitative estimate of drug-likeness (QED) is 0.320. The largest absolute Gasteiger partial charge is 1.00 e. The molecule has 0 aliphatic carbocycles. The number of ether oxygens (including phenoxy) is 1. The minimum atomic E-state index is 0. The van der Waals surface area contributed by atoms with Gasteiger partial charge in [0.1, 0.15) is 0 Å². The molecule has 0 aliphatic heterocycles. The van der Waals surface area contributed by atoms with Crippen LogP contribution in [-0.4, -0.2) is 30.3 Å². The van der Waals surface area contributed by atoms with Crippen LogP contribution in [0, 0.1) is 0 Å². The molecule has 0 amide bonds. The first-order chi connectivity index (χ1) is 5.66. The molecular formula is C10H22ClNO. The van der Waals surface area contributed by atoms with Crippen molar-refractivity contribution in [3.8, 4) is 0 Å². The molecule has 0 N–H and O–H groups in total. The molecule has 0 radical (unpaired) electrons. The third kappa shape index (κ3) is 3.57. The molecule has 0 rings (SSSR count). The van der Waals surface area contributed by atoms with Gasteiger partial charge < -0.3 is 17.1 Å². The van der Waals surface area contributed by atoms with Crippen LogP contribution in [0.15, 0.2) is 12.8 Å².